The number of anilines is 2. The number of nitrogens with one attached hydrogen (secondary N) is 3. The van der Waals surface area contributed by atoms with Crippen molar-refractivity contribution in [1.29, 1.82) is 0 Å². The van der Waals surface area contributed by atoms with Crippen LogP contribution in [-0.4, -0.2) is 139 Å². The van der Waals surface area contributed by atoms with Crippen molar-refractivity contribution in [2.45, 2.75) is 115 Å². The van der Waals surface area contributed by atoms with Gasteiger partial charge in [0.25, 0.3) is 15.9 Å². The quantitative estimate of drug-likeness (QED) is 0.0456. The zero-order valence-corrected chi connectivity index (χ0v) is 49.6. The highest BCUT2D eigenvalue weighted by molar-refractivity contribution is 7.93. The number of amides is 4. The number of fused-ring (bicyclic) bond motifs is 1. The van der Waals surface area contributed by atoms with E-state index in [1.165, 1.54) is 58.7 Å². The van der Waals surface area contributed by atoms with Gasteiger partial charge in [-0.05, 0) is 85.9 Å². The molecule has 0 bridgehead atoms. The Bertz CT molecular complexity index is 3790. The van der Waals surface area contributed by atoms with Crippen LogP contribution in [0, 0.1) is 18.2 Å². The van der Waals surface area contributed by atoms with Crippen molar-refractivity contribution in [2.24, 2.45) is 12.5 Å². The first-order valence-corrected chi connectivity index (χ1v) is 30.4. The first-order chi connectivity index (χ1) is 40.8. The second-order valence-electron chi connectivity index (χ2n) is 23.1. The number of carbonyl (C=O) groups excluding carboxylic acids is 4. The largest absolute Gasteiger partial charge is 0.484 e. The molecule has 86 heavy (non-hydrogen) atoms. The summed E-state index contributed by atoms with van der Waals surface area (Å²) in [5, 5.41) is 26.4. The zero-order chi connectivity index (χ0) is 61.6. The molecule has 1 aliphatic carbocycles. The lowest BCUT2D eigenvalue weighted by molar-refractivity contribution is -0.145. The predicted octanol–water partition coefficient (Wildman–Crippen LogP) is 7.79. The topological polar surface area (TPSA) is 271 Å². The summed E-state index contributed by atoms with van der Waals surface area (Å²) in [5.41, 5.74) is 10.7. The number of β-amino-alcohol motifs (C(OH)–C–C–N with tert-alkyl or cyclic N) is 1. The van der Waals surface area contributed by atoms with E-state index < -0.39 is 80.7 Å². The molecule has 27 heteroatoms. The Labute approximate surface area is 497 Å². The average molecular weight is 1230 g/mol. The Hall–Kier alpha value is -8.01. The Kier molecular flexibility index (Phi) is 17.3. The fourth-order valence-electron chi connectivity index (χ4n) is 10.9. The van der Waals surface area contributed by atoms with Crippen molar-refractivity contribution in [3.8, 4) is 38.6 Å². The van der Waals surface area contributed by atoms with Crippen LogP contribution >= 0.6 is 11.3 Å². The van der Waals surface area contributed by atoms with E-state index in [2.05, 4.69) is 20.6 Å². The molecule has 0 spiro atoms. The van der Waals surface area contributed by atoms with E-state index in [0.717, 1.165) is 16.1 Å². The van der Waals surface area contributed by atoms with Gasteiger partial charge in [-0.3, -0.25) is 33.3 Å². The van der Waals surface area contributed by atoms with Gasteiger partial charge in [0, 0.05) is 62.2 Å². The van der Waals surface area contributed by atoms with Gasteiger partial charge in [-0.25, -0.2) is 27.2 Å². The summed E-state index contributed by atoms with van der Waals surface area (Å²) in [6, 6.07) is 13.9. The monoisotopic (exact) mass is 1230 g/mol. The number of aromatic nitrogens is 6. The molecular formula is C59H66F4N12O9S2. The molecule has 3 aromatic carbocycles. The van der Waals surface area contributed by atoms with Gasteiger partial charge >= 0.3 is 5.76 Å². The van der Waals surface area contributed by atoms with E-state index >= 15 is 0 Å². The van der Waals surface area contributed by atoms with Gasteiger partial charge in [0.1, 0.15) is 47.9 Å². The molecule has 21 nitrogen and oxygen atoms in total. The number of nitrogen functional groups attached to an aromatic ring is 1. The van der Waals surface area contributed by atoms with Crippen LogP contribution in [0.4, 0.5) is 29.1 Å². The van der Waals surface area contributed by atoms with Crippen LogP contribution in [0.15, 0.2) is 90.8 Å². The van der Waals surface area contributed by atoms with E-state index in [9.17, 15) is 50.3 Å². The number of rotatable bonds is 20. The van der Waals surface area contributed by atoms with Crippen molar-refractivity contribution >= 4 is 67.4 Å². The number of thiazole rings is 1. The number of nitrogens with two attached hydrogens (primary N) is 1. The van der Waals surface area contributed by atoms with Crippen LogP contribution in [0.1, 0.15) is 94.8 Å². The van der Waals surface area contributed by atoms with Crippen LogP contribution in [-0.2, 0) is 41.0 Å². The third kappa shape index (κ3) is 13.0. The van der Waals surface area contributed by atoms with E-state index in [1.54, 1.807) is 62.2 Å². The number of piperidine rings is 1. The number of ether oxygens (including phenoxy) is 2. The van der Waals surface area contributed by atoms with E-state index in [4.69, 9.17) is 25.4 Å². The number of halogens is 4. The number of alkyl halides is 3. The zero-order valence-electron chi connectivity index (χ0n) is 48.0. The van der Waals surface area contributed by atoms with E-state index in [0.29, 0.717) is 70.3 Å². The average Bonchev–Trinajstić information content (AvgIpc) is 1.89. The Morgan fingerprint density at radius 3 is 2.28 bits per heavy atom. The minimum Gasteiger partial charge on any atom is -0.484 e. The number of benzene rings is 3. The second-order valence-corrected chi connectivity index (χ2v) is 25.6. The molecule has 7 aromatic rings. The number of likely N-dealkylation sites (tertiary alicyclic amines) is 2. The van der Waals surface area contributed by atoms with Gasteiger partial charge in [-0.15, -0.1) is 11.3 Å². The number of carbonyl (C=O) groups is 4. The number of aryl methyl sites for hydroxylation is 2. The molecule has 456 valence electrons. The van der Waals surface area contributed by atoms with Gasteiger partial charge in [0.2, 0.25) is 17.7 Å². The van der Waals surface area contributed by atoms with Gasteiger partial charge in [-0.1, -0.05) is 63.2 Å². The first-order valence-electron chi connectivity index (χ1n) is 27.9. The van der Waals surface area contributed by atoms with Crippen LogP contribution in [0.25, 0.3) is 43.7 Å². The molecule has 4 amide bonds. The number of aliphatic hydroxyl groups excluding tert-OH is 1. The number of hydrogen-bond acceptors (Lipinski definition) is 15. The van der Waals surface area contributed by atoms with Gasteiger partial charge < -0.3 is 40.7 Å². The summed E-state index contributed by atoms with van der Waals surface area (Å²) in [6.07, 6.45) is 4.44. The van der Waals surface area contributed by atoms with Crippen molar-refractivity contribution < 1.29 is 59.7 Å². The number of pyridine rings is 1. The predicted molar refractivity (Wildman–Crippen MR) is 313 cm³/mol. The molecular weight excluding hydrogens is 1160 g/mol. The summed E-state index contributed by atoms with van der Waals surface area (Å²) < 4.78 is 98.0. The van der Waals surface area contributed by atoms with Gasteiger partial charge in [0.05, 0.1) is 63.7 Å². The third-order valence-corrected chi connectivity index (χ3v) is 17.8. The smallest absolute Gasteiger partial charge is 0.355 e. The Balaban J connectivity index is 0.808. The molecule has 6 N–H and O–H groups in total. The highest BCUT2D eigenvalue weighted by Crippen LogP contribution is 2.43. The maximum atomic E-state index is 14.8. The second kappa shape index (κ2) is 24.4. The number of sulfonamides is 1. The first kappa shape index (κ1) is 61.1. The number of nitrogens with zero attached hydrogens (tertiary/aromatic N) is 8. The SMILES string of the molecule is Cc1ncsc1-c1ccc(C(COCC(=O)N2CCC(n3cc(-c4cnc(N)c5c(-c6ccc(NS(=O)(=O)C(F)F)c(O[C@@H](C)c7ccc(F)cc7)c6)nn(C)c45)cn3)CC2)NC(=O)C2CC(O)CN2C(=O)[C@@H](NC(=O)C2(F)CC2)C(C)(C)C)cc1. The molecule has 0 radical (unpaired) electrons. The van der Waals surface area contributed by atoms with Crippen LogP contribution in [0.2, 0.25) is 0 Å². The van der Waals surface area contributed by atoms with Gasteiger partial charge in [0.15, 0.2) is 5.67 Å². The third-order valence-electron chi connectivity index (χ3n) is 15.9. The molecule has 4 aromatic heterocycles. The van der Waals surface area contributed by atoms with E-state index in [-0.39, 0.29) is 68.2 Å². The molecule has 3 unspecified atom stereocenters. The Morgan fingerprint density at radius 1 is 0.942 bits per heavy atom. The standard InChI is InChI=1S/C59H66F4N12O9S2/c1-32-51(85-31-66-32)36-9-7-35(8-10-36)44(68-54(78)45-24-41(76)28-74(45)55(79)52(58(3,4)5)69-56(80)59(63)19-20-59)29-83-30-47(77)73-21-17-40(18-22-73)75-27-38(25-67-75)42-26-65-53(64)48-49(70-72(6)50(42)48)37-13-16-43(71-86(81,82)57(61)62)46(23-37)84-33(2)34-11-14-39(60)15-12-34/h7-16,23,25-27,31,33,40-41,44-45,52,57,71,76H,17-22,24,28-30H2,1-6H3,(H2,64,65)(H,68,78)(H,69,80)/t33-,41?,44?,45?,52+/m0/s1. The van der Waals surface area contributed by atoms with E-state index in [1.807, 2.05) is 46.8 Å². The fourth-order valence-corrected chi connectivity index (χ4v) is 12.2. The lowest BCUT2D eigenvalue weighted by Crippen LogP contribution is -2.59. The van der Waals surface area contributed by atoms with Crippen molar-refractivity contribution in [3.05, 3.63) is 113 Å². The maximum absolute atomic E-state index is 14.8. The van der Waals surface area contributed by atoms with Crippen molar-refractivity contribution in [1.82, 2.24) is 50.0 Å². The lowest BCUT2D eigenvalue weighted by Gasteiger charge is -2.36. The molecule has 1 saturated carbocycles. The van der Waals surface area contributed by atoms with Crippen LogP contribution in [0.3, 0.4) is 0 Å². The molecule has 3 aliphatic rings. The normalized spacial score (nSPS) is 18.2. The lowest BCUT2D eigenvalue weighted by atomic mass is 9.85. The Morgan fingerprint density at radius 2 is 1.63 bits per heavy atom. The minimum absolute atomic E-state index is 0.0541. The van der Waals surface area contributed by atoms with Crippen LogP contribution < -0.4 is 25.8 Å². The summed E-state index contributed by atoms with van der Waals surface area (Å²) >= 11 is 1.49. The molecule has 3 fully saturated rings. The number of aliphatic hydroxyl groups is 1. The highest BCUT2D eigenvalue weighted by Gasteiger charge is 2.53. The van der Waals surface area contributed by atoms with Crippen LogP contribution in [0.5, 0.6) is 5.75 Å². The number of hydrogen-bond donors (Lipinski definition) is 5. The maximum Gasteiger partial charge on any atom is 0.355 e. The van der Waals surface area contributed by atoms with Crippen molar-refractivity contribution in [3.63, 3.8) is 0 Å². The van der Waals surface area contributed by atoms with Gasteiger partial charge in [-0.2, -0.15) is 19.0 Å². The fraction of sp³-hybridized carbons (Fsp3) is 0.424. The summed E-state index contributed by atoms with van der Waals surface area (Å²) in [4.78, 5) is 68.0. The summed E-state index contributed by atoms with van der Waals surface area (Å²) in [5.74, 6) is -6.58. The molecule has 6 heterocycles. The molecule has 10 rings (SSSR count). The van der Waals surface area contributed by atoms with Crippen molar-refractivity contribution in [2.75, 3.05) is 43.3 Å². The summed E-state index contributed by atoms with van der Waals surface area (Å²) in [7, 11) is -3.40. The molecule has 2 saturated heterocycles. The molecule has 5 atom stereocenters. The highest BCUT2D eigenvalue weighted by atomic mass is 32.2. The molecule has 2 aliphatic heterocycles. The minimum atomic E-state index is -5.11. The summed E-state index contributed by atoms with van der Waals surface area (Å²) in [6.45, 7) is 8.85.